The molecule has 1 fully saturated rings. The Labute approximate surface area is 152 Å². The van der Waals surface area contributed by atoms with Gasteiger partial charge < -0.3 is 9.64 Å². The first-order chi connectivity index (χ1) is 12.2. The molecule has 1 heterocycles. The van der Waals surface area contributed by atoms with Gasteiger partial charge in [0.2, 0.25) is 0 Å². The molecule has 2 aromatic rings. The Bertz CT molecular complexity index is 652. The van der Waals surface area contributed by atoms with Crippen molar-refractivity contribution in [3.05, 3.63) is 70.8 Å². The predicted octanol–water partition coefficient (Wildman–Crippen LogP) is 4.78. The van der Waals surface area contributed by atoms with Crippen LogP contribution in [0.1, 0.15) is 42.0 Å². The lowest BCUT2D eigenvalue weighted by Crippen LogP contribution is -2.24. The Balaban J connectivity index is 1.38. The quantitative estimate of drug-likeness (QED) is 0.687. The van der Waals surface area contributed by atoms with Gasteiger partial charge in [0.15, 0.2) is 0 Å². The fourth-order valence-corrected chi connectivity index (χ4v) is 3.70. The number of rotatable bonds is 8. The van der Waals surface area contributed by atoms with Crippen LogP contribution in [-0.2, 0) is 24.2 Å². The van der Waals surface area contributed by atoms with E-state index in [0.29, 0.717) is 6.10 Å². The summed E-state index contributed by atoms with van der Waals surface area (Å²) < 4.78 is 6.18. The molecule has 0 radical (unpaired) electrons. The minimum Gasteiger partial charge on any atom is -0.372 e. The number of hydrogen-bond donors (Lipinski definition) is 0. The fraction of sp³-hybridized carbons (Fsp3) is 0.478. The number of hydrogen-bond acceptors (Lipinski definition) is 2. The molecule has 1 aliphatic rings. The molecule has 2 aromatic carbocycles. The lowest BCUT2D eigenvalue weighted by Gasteiger charge is -2.16. The van der Waals surface area contributed by atoms with Gasteiger partial charge in [-0.25, -0.2) is 0 Å². The van der Waals surface area contributed by atoms with Crippen LogP contribution in [0.3, 0.4) is 0 Å². The Morgan fingerprint density at radius 2 is 1.92 bits per heavy atom. The van der Waals surface area contributed by atoms with Gasteiger partial charge in [-0.1, -0.05) is 55.5 Å². The van der Waals surface area contributed by atoms with Crippen LogP contribution in [0.4, 0.5) is 0 Å². The molecule has 0 aromatic heterocycles. The topological polar surface area (TPSA) is 12.5 Å². The lowest BCUT2D eigenvalue weighted by molar-refractivity contribution is 0.0466. The van der Waals surface area contributed by atoms with Gasteiger partial charge in [0, 0.05) is 13.1 Å². The zero-order chi connectivity index (χ0) is 17.5. The van der Waals surface area contributed by atoms with Crippen LogP contribution in [0.2, 0.25) is 0 Å². The molecule has 2 heteroatoms. The maximum Gasteiger partial charge on any atom is 0.0721 e. The lowest BCUT2D eigenvalue weighted by atomic mass is 10.0. The van der Waals surface area contributed by atoms with E-state index in [0.717, 1.165) is 26.0 Å². The monoisotopic (exact) mass is 337 g/mol. The molecule has 0 N–H and O–H groups in total. The first-order valence-electron chi connectivity index (χ1n) is 9.71. The predicted molar refractivity (Wildman–Crippen MR) is 105 cm³/mol. The molecule has 1 aliphatic heterocycles. The molecule has 25 heavy (non-hydrogen) atoms. The van der Waals surface area contributed by atoms with Crippen molar-refractivity contribution in [1.29, 1.82) is 0 Å². The van der Waals surface area contributed by atoms with Gasteiger partial charge in [0.1, 0.15) is 0 Å². The molecule has 0 spiro atoms. The third-order valence-electron chi connectivity index (χ3n) is 5.29. The highest BCUT2D eigenvalue weighted by Gasteiger charge is 2.22. The van der Waals surface area contributed by atoms with Crippen LogP contribution in [-0.4, -0.2) is 30.6 Å². The van der Waals surface area contributed by atoms with Gasteiger partial charge in [-0.05, 0) is 61.4 Å². The van der Waals surface area contributed by atoms with Crippen LogP contribution in [0.25, 0.3) is 0 Å². The maximum absolute atomic E-state index is 6.18. The fourth-order valence-electron chi connectivity index (χ4n) is 3.70. The van der Waals surface area contributed by atoms with Crippen LogP contribution < -0.4 is 0 Å². The highest BCUT2D eigenvalue weighted by Crippen LogP contribution is 2.17. The second-order valence-electron chi connectivity index (χ2n) is 7.23. The van der Waals surface area contributed by atoms with E-state index in [1.807, 2.05) is 0 Å². The van der Waals surface area contributed by atoms with E-state index in [2.05, 4.69) is 67.3 Å². The summed E-state index contributed by atoms with van der Waals surface area (Å²) in [6, 6.07) is 17.5. The van der Waals surface area contributed by atoms with Crippen molar-refractivity contribution >= 4 is 0 Å². The maximum atomic E-state index is 6.18. The van der Waals surface area contributed by atoms with E-state index in [1.54, 1.807) is 0 Å². The van der Waals surface area contributed by atoms with E-state index >= 15 is 0 Å². The molecule has 0 aliphatic carbocycles. The molecule has 3 rings (SSSR count). The van der Waals surface area contributed by atoms with Gasteiger partial charge in [-0.3, -0.25) is 0 Å². The van der Waals surface area contributed by atoms with Crippen molar-refractivity contribution in [3.63, 3.8) is 0 Å². The van der Waals surface area contributed by atoms with E-state index in [1.165, 1.54) is 48.2 Å². The van der Waals surface area contributed by atoms with E-state index in [-0.39, 0.29) is 0 Å². The summed E-state index contributed by atoms with van der Waals surface area (Å²) >= 11 is 0. The zero-order valence-corrected chi connectivity index (χ0v) is 15.7. The number of likely N-dealkylation sites (tertiary alicyclic amines) is 1. The summed E-state index contributed by atoms with van der Waals surface area (Å²) in [5, 5.41) is 0. The average Bonchev–Trinajstić information content (AvgIpc) is 3.10. The van der Waals surface area contributed by atoms with E-state index in [9.17, 15) is 0 Å². The molecular weight excluding hydrogens is 306 g/mol. The Hall–Kier alpha value is -1.64. The van der Waals surface area contributed by atoms with Crippen molar-refractivity contribution in [3.8, 4) is 0 Å². The van der Waals surface area contributed by atoms with Crippen molar-refractivity contribution in [1.82, 2.24) is 4.90 Å². The van der Waals surface area contributed by atoms with Crippen LogP contribution in [0.5, 0.6) is 0 Å². The first kappa shape index (κ1) is 18.2. The van der Waals surface area contributed by atoms with E-state index in [4.69, 9.17) is 4.74 Å². The Morgan fingerprint density at radius 3 is 2.72 bits per heavy atom. The summed E-state index contributed by atoms with van der Waals surface area (Å²) in [5.41, 5.74) is 5.58. The summed E-state index contributed by atoms with van der Waals surface area (Å²) in [4.78, 5) is 2.56. The summed E-state index contributed by atoms with van der Waals surface area (Å²) in [6.07, 6.45) is 5.06. The van der Waals surface area contributed by atoms with E-state index < -0.39 is 0 Å². The smallest absolute Gasteiger partial charge is 0.0721 e. The summed E-state index contributed by atoms with van der Waals surface area (Å²) in [5.74, 6) is 0. The number of ether oxygens (including phenoxy) is 1. The van der Waals surface area contributed by atoms with Crippen molar-refractivity contribution in [2.75, 3.05) is 19.6 Å². The normalized spacial score (nSPS) is 17.9. The molecule has 2 nitrogen and oxygen atoms in total. The van der Waals surface area contributed by atoms with Gasteiger partial charge in [-0.2, -0.15) is 0 Å². The summed E-state index contributed by atoms with van der Waals surface area (Å²) in [6.45, 7) is 8.59. The number of aryl methyl sites for hydroxylation is 3. The largest absolute Gasteiger partial charge is 0.372 e. The number of nitrogens with zero attached hydrogens (tertiary/aromatic N) is 1. The molecule has 1 atom stereocenters. The molecule has 1 unspecified atom stereocenters. The SMILES string of the molecule is CCc1cc(COC2CCN(CCCc3ccccc3)C2)ccc1C. The van der Waals surface area contributed by atoms with Gasteiger partial charge in [-0.15, -0.1) is 0 Å². The van der Waals surface area contributed by atoms with Gasteiger partial charge >= 0.3 is 0 Å². The Kier molecular flexibility index (Phi) is 6.66. The molecule has 134 valence electrons. The standard InChI is InChI=1S/C23H31NO/c1-3-22-16-21(12-11-19(22)2)18-25-23-13-15-24(17-23)14-7-10-20-8-5-4-6-9-20/h4-6,8-9,11-12,16,23H,3,7,10,13-15,17-18H2,1-2H3. The minimum atomic E-state index is 0.392. The van der Waals surface area contributed by atoms with Crippen molar-refractivity contribution < 1.29 is 4.74 Å². The van der Waals surface area contributed by atoms with Crippen LogP contribution in [0, 0.1) is 6.92 Å². The van der Waals surface area contributed by atoms with Crippen molar-refractivity contribution in [2.45, 2.75) is 52.2 Å². The highest BCUT2D eigenvalue weighted by molar-refractivity contribution is 5.30. The zero-order valence-electron chi connectivity index (χ0n) is 15.7. The molecule has 0 saturated carbocycles. The molecule has 0 amide bonds. The average molecular weight is 338 g/mol. The second kappa shape index (κ2) is 9.17. The van der Waals surface area contributed by atoms with Gasteiger partial charge in [0.25, 0.3) is 0 Å². The van der Waals surface area contributed by atoms with Gasteiger partial charge in [0.05, 0.1) is 12.7 Å². The van der Waals surface area contributed by atoms with Crippen LogP contribution in [0.15, 0.2) is 48.5 Å². The Morgan fingerprint density at radius 1 is 1.08 bits per heavy atom. The third kappa shape index (κ3) is 5.42. The molecule has 0 bridgehead atoms. The molecular formula is C23H31NO. The summed E-state index contributed by atoms with van der Waals surface area (Å²) in [7, 11) is 0. The highest BCUT2D eigenvalue weighted by atomic mass is 16.5. The minimum absolute atomic E-state index is 0.392. The number of benzene rings is 2. The first-order valence-corrected chi connectivity index (χ1v) is 9.71. The third-order valence-corrected chi connectivity index (χ3v) is 5.29. The molecule has 1 saturated heterocycles. The second-order valence-corrected chi connectivity index (χ2v) is 7.23. The van der Waals surface area contributed by atoms with Crippen molar-refractivity contribution in [2.24, 2.45) is 0 Å². The van der Waals surface area contributed by atoms with Crippen LogP contribution >= 0.6 is 0 Å².